The van der Waals surface area contributed by atoms with Crippen molar-refractivity contribution in [2.75, 3.05) is 13.1 Å². The second kappa shape index (κ2) is 7.20. The highest BCUT2D eigenvalue weighted by atomic mass is 16.1. The summed E-state index contributed by atoms with van der Waals surface area (Å²) in [5.41, 5.74) is 2.09. The summed E-state index contributed by atoms with van der Waals surface area (Å²) in [5.74, 6) is 1.05. The van der Waals surface area contributed by atoms with Gasteiger partial charge in [0.25, 0.3) is 5.56 Å². The van der Waals surface area contributed by atoms with Crippen LogP contribution in [0.2, 0.25) is 0 Å². The maximum atomic E-state index is 12.2. The molecular weight excluding hydrogens is 332 g/mol. The van der Waals surface area contributed by atoms with Gasteiger partial charge in [-0.2, -0.15) is 10.2 Å². The molecular formula is C17H22N8O. The first kappa shape index (κ1) is 16.6. The molecule has 1 aliphatic heterocycles. The molecule has 0 spiro atoms. The molecule has 4 rings (SSSR count). The average Bonchev–Trinajstić information content (AvgIpc) is 3.31. The molecule has 9 heteroatoms. The molecule has 9 nitrogen and oxygen atoms in total. The van der Waals surface area contributed by atoms with Crippen molar-refractivity contribution in [3.8, 4) is 5.82 Å². The summed E-state index contributed by atoms with van der Waals surface area (Å²) in [4.78, 5) is 18.5. The molecule has 0 amide bonds. The van der Waals surface area contributed by atoms with Crippen LogP contribution in [0.3, 0.4) is 0 Å². The Balaban J connectivity index is 1.37. The second-order valence-electron chi connectivity index (χ2n) is 6.81. The molecule has 0 saturated carbocycles. The van der Waals surface area contributed by atoms with Gasteiger partial charge < -0.3 is 0 Å². The number of hydrogen-bond acceptors (Lipinski definition) is 6. The van der Waals surface area contributed by atoms with Gasteiger partial charge in [0.2, 0.25) is 0 Å². The first-order valence-electron chi connectivity index (χ1n) is 8.84. The third-order valence-corrected chi connectivity index (χ3v) is 4.79. The summed E-state index contributed by atoms with van der Waals surface area (Å²) in [7, 11) is 0. The van der Waals surface area contributed by atoms with E-state index in [1.54, 1.807) is 27.8 Å². The lowest BCUT2D eigenvalue weighted by molar-refractivity contribution is 0.162. The van der Waals surface area contributed by atoms with E-state index in [4.69, 9.17) is 0 Å². The number of nitrogens with zero attached hydrogens (tertiary/aromatic N) is 7. The zero-order valence-corrected chi connectivity index (χ0v) is 14.7. The van der Waals surface area contributed by atoms with Crippen LogP contribution in [0, 0.1) is 12.8 Å². The van der Waals surface area contributed by atoms with Gasteiger partial charge in [0, 0.05) is 24.8 Å². The smallest absolute Gasteiger partial charge is 0.266 e. The van der Waals surface area contributed by atoms with Gasteiger partial charge in [0.05, 0.1) is 5.69 Å². The Labute approximate surface area is 150 Å². The van der Waals surface area contributed by atoms with E-state index in [0.29, 0.717) is 18.3 Å². The zero-order chi connectivity index (χ0) is 17.9. The molecule has 3 aromatic rings. The number of likely N-dealkylation sites (tertiary alicyclic amines) is 1. The number of piperidine rings is 1. The van der Waals surface area contributed by atoms with Gasteiger partial charge in [-0.15, -0.1) is 5.10 Å². The number of H-pyrrole nitrogens is 1. The maximum Gasteiger partial charge on any atom is 0.266 e. The fourth-order valence-electron chi connectivity index (χ4n) is 3.37. The van der Waals surface area contributed by atoms with Gasteiger partial charge in [-0.3, -0.25) is 14.8 Å². The highest BCUT2D eigenvalue weighted by Crippen LogP contribution is 2.20. The Kier molecular flexibility index (Phi) is 4.61. The monoisotopic (exact) mass is 354 g/mol. The SMILES string of the molecule is Cc1cc(CN2CCC(Cn3nc(-n4cncn4)ccc3=O)CC2)n[nH]1. The van der Waals surface area contributed by atoms with Crippen molar-refractivity contribution in [2.45, 2.75) is 32.9 Å². The fraction of sp³-hybridized carbons (Fsp3) is 0.471. The molecule has 26 heavy (non-hydrogen) atoms. The van der Waals surface area contributed by atoms with Crippen LogP contribution in [0.4, 0.5) is 0 Å². The first-order chi connectivity index (χ1) is 12.7. The Bertz CT molecular complexity index is 905. The number of nitrogens with one attached hydrogen (secondary N) is 1. The normalized spacial score (nSPS) is 16.2. The quantitative estimate of drug-likeness (QED) is 0.727. The zero-order valence-electron chi connectivity index (χ0n) is 14.7. The summed E-state index contributed by atoms with van der Waals surface area (Å²) in [6.45, 7) is 5.54. The maximum absolute atomic E-state index is 12.2. The van der Waals surface area contributed by atoms with Crippen LogP contribution in [0.15, 0.2) is 35.6 Å². The van der Waals surface area contributed by atoms with E-state index in [1.165, 1.54) is 6.33 Å². The van der Waals surface area contributed by atoms with E-state index >= 15 is 0 Å². The standard InChI is InChI=1S/C17H22N8O/c1-13-8-15(21-20-13)10-23-6-4-14(5-7-23)9-24-17(26)3-2-16(22-24)25-12-18-11-19-25/h2-3,8,11-12,14H,4-7,9-10H2,1H3,(H,20,21). The molecule has 3 aromatic heterocycles. The number of hydrogen-bond donors (Lipinski definition) is 1. The fourth-order valence-corrected chi connectivity index (χ4v) is 3.37. The molecule has 0 radical (unpaired) electrons. The van der Waals surface area contributed by atoms with Gasteiger partial charge in [-0.1, -0.05) is 0 Å². The number of aryl methyl sites for hydroxylation is 1. The number of aromatic amines is 1. The second-order valence-corrected chi connectivity index (χ2v) is 6.81. The lowest BCUT2D eigenvalue weighted by Crippen LogP contribution is -2.36. The van der Waals surface area contributed by atoms with Gasteiger partial charge in [-0.05, 0) is 50.9 Å². The Morgan fingerprint density at radius 2 is 2.12 bits per heavy atom. The lowest BCUT2D eigenvalue weighted by atomic mass is 9.96. The van der Waals surface area contributed by atoms with E-state index in [1.807, 2.05) is 6.92 Å². The molecule has 0 aliphatic carbocycles. The van der Waals surface area contributed by atoms with E-state index in [9.17, 15) is 4.79 Å². The van der Waals surface area contributed by atoms with Crippen molar-refractivity contribution in [3.63, 3.8) is 0 Å². The lowest BCUT2D eigenvalue weighted by Gasteiger charge is -2.31. The number of rotatable bonds is 5. The molecule has 1 saturated heterocycles. The average molecular weight is 354 g/mol. The summed E-state index contributed by atoms with van der Waals surface area (Å²) in [5, 5.41) is 15.8. The van der Waals surface area contributed by atoms with Gasteiger partial charge >= 0.3 is 0 Å². The minimum atomic E-state index is -0.0803. The van der Waals surface area contributed by atoms with Crippen LogP contribution >= 0.6 is 0 Å². The highest BCUT2D eigenvalue weighted by Gasteiger charge is 2.21. The van der Waals surface area contributed by atoms with Crippen molar-refractivity contribution >= 4 is 0 Å². The van der Waals surface area contributed by atoms with E-state index < -0.39 is 0 Å². The Hall–Kier alpha value is -2.81. The molecule has 136 valence electrons. The van der Waals surface area contributed by atoms with E-state index in [0.717, 1.165) is 43.9 Å². The molecule has 1 N–H and O–H groups in total. The summed E-state index contributed by atoms with van der Waals surface area (Å²) >= 11 is 0. The molecule has 0 bridgehead atoms. The Morgan fingerprint density at radius 3 is 2.81 bits per heavy atom. The summed E-state index contributed by atoms with van der Waals surface area (Å²) < 4.78 is 3.11. The largest absolute Gasteiger partial charge is 0.297 e. The predicted molar refractivity (Wildman–Crippen MR) is 94.7 cm³/mol. The van der Waals surface area contributed by atoms with E-state index in [-0.39, 0.29) is 5.56 Å². The third-order valence-electron chi connectivity index (χ3n) is 4.79. The van der Waals surface area contributed by atoms with Gasteiger partial charge in [-0.25, -0.2) is 14.3 Å². The minimum absolute atomic E-state index is 0.0803. The van der Waals surface area contributed by atoms with Crippen molar-refractivity contribution in [1.29, 1.82) is 0 Å². The summed E-state index contributed by atoms with van der Waals surface area (Å²) in [6.07, 6.45) is 5.12. The first-order valence-corrected chi connectivity index (χ1v) is 8.84. The van der Waals surface area contributed by atoms with Crippen LogP contribution in [0.25, 0.3) is 5.82 Å². The van der Waals surface area contributed by atoms with Crippen molar-refractivity contribution in [1.82, 2.24) is 39.6 Å². The third kappa shape index (κ3) is 3.72. The highest BCUT2D eigenvalue weighted by molar-refractivity contribution is 5.16. The van der Waals surface area contributed by atoms with Crippen LogP contribution in [0.5, 0.6) is 0 Å². The van der Waals surface area contributed by atoms with Gasteiger partial charge in [0.1, 0.15) is 12.7 Å². The predicted octanol–water partition coefficient (Wildman–Crippen LogP) is 0.768. The van der Waals surface area contributed by atoms with Crippen LogP contribution in [-0.4, -0.2) is 52.7 Å². The minimum Gasteiger partial charge on any atom is -0.297 e. The Morgan fingerprint density at radius 1 is 1.27 bits per heavy atom. The molecule has 0 unspecified atom stereocenters. The molecule has 0 atom stereocenters. The van der Waals surface area contributed by atoms with Crippen LogP contribution in [0.1, 0.15) is 24.2 Å². The van der Waals surface area contributed by atoms with Gasteiger partial charge in [0.15, 0.2) is 5.82 Å². The summed E-state index contributed by atoms with van der Waals surface area (Å²) in [6, 6.07) is 5.30. The topological polar surface area (TPSA) is 97.5 Å². The van der Waals surface area contributed by atoms with Crippen LogP contribution in [-0.2, 0) is 13.1 Å². The molecule has 4 heterocycles. The molecule has 1 aliphatic rings. The van der Waals surface area contributed by atoms with Crippen LogP contribution < -0.4 is 5.56 Å². The molecule has 1 fully saturated rings. The van der Waals surface area contributed by atoms with Crippen molar-refractivity contribution < 1.29 is 0 Å². The van der Waals surface area contributed by atoms with Crippen molar-refractivity contribution in [2.24, 2.45) is 5.92 Å². The van der Waals surface area contributed by atoms with Crippen molar-refractivity contribution in [3.05, 3.63) is 52.6 Å². The number of aromatic nitrogens is 7. The van der Waals surface area contributed by atoms with E-state index in [2.05, 4.69) is 36.3 Å². The molecule has 0 aromatic carbocycles.